The highest BCUT2D eigenvalue weighted by atomic mass is 32.2. The molecule has 0 aliphatic carbocycles. The fourth-order valence-electron chi connectivity index (χ4n) is 2.05. The Morgan fingerprint density at radius 3 is 2.48 bits per heavy atom. The Kier molecular flexibility index (Phi) is 5.84. The van der Waals surface area contributed by atoms with E-state index in [1.807, 2.05) is 48.7 Å². The zero-order valence-corrected chi connectivity index (χ0v) is 13.1. The molecule has 0 fully saturated rings. The van der Waals surface area contributed by atoms with Crippen LogP contribution in [0.15, 0.2) is 59.5 Å². The average molecular weight is 300 g/mol. The minimum Gasteiger partial charge on any atom is -0.324 e. The van der Waals surface area contributed by atoms with Crippen molar-refractivity contribution in [3.8, 4) is 0 Å². The van der Waals surface area contributed by atoms with Gasteiger partial charge in [0, 0.05) is 10.9 Å². The molecule has 2 N–H and O–H groups in total. The van der Waals surface area contributed by atoms with Gasteiger partial charge >= 0.3 is 0 Å². The van der Waals surface area contributed by atoms with Gasteiger partial charge in [0.05, 0.1) is 12.2 Å². The van der Waals surface area contributed by atoms with Gasteiger partial charge in [-0.1, -0.05) is 42.5 Å². The van der Waals surface area contributed by atoms with Gasteiger partial charge in [0.1, 0.15) is 0 Å². The second-order valence-electron chi connectivity index (χ2n) is 4.76. The molecular weight excluding hydrogens is 280 g/mol. The van der Waals surface area contributed by atoms with Crippen molar-refractivity contribution in [2.75, 3.05) is 18.1 Å². The minimum atomic E-state index is -0.0284. The predicted octanol–water partition coefficient (Wildman–Crippen LogP) is 3.70. The molecule has 3 nitrogen and oxygen atoms in total. The number of anilines is 1. The zero-order chi connectivity index (χ0) is 15.1. The van der Waals surface area contributed by atoms with Gasteiger partial charge in [0.15, 0.2) is 0 Å². The largest absolute Gasteiger partial charge is 0.324 e. The van der Waals surface area contributed by atoms with E-state index in [1.165, 1.54) is 5.56 Å². The number of hydrogen-bond donors (Lipinski definition) is 2. The van der Waals surface area contributed by atoms with Crippen LogP contribution in [-0.4, -0.2) is 18.7 Å². The van der Waals surface area contributed by atoms with Crippen molar-refractivity contribution >= 4 is 23.4 Å². The Morgan fingerprint density at radius 1 is 1.10 bits per heavy atom. The number of carbonyl (C=O) groups is 1. The summed E-state index contributed by atoms with van der Waals surface area (Å²) in [6, 6.07) is 18.1. The standard InChI is InChI=1S/C17H20N2OS/c1-13(14-8-4-3-5-9-14)18-12-17(20)19-15-10-6-7-11-16(15)21-2/h3-11,13,18H,12H2,1-2H3,(H,19,20)/t13-/m1/s1. The van der Waals surface area contributed by atoms with E-state index in [2.05, 4.69) is 29.7 Å². The summed E-state index contributed by atoms with van der Waals surface area (Å²) < 4.78 is 0. The first-order valence-electron chi connectivity index (χ1n) is 6.92. The van der Waals surface area contributed by atoms with E-state index in [0.29, 0.717) is 6.54 Å². The summed E-state index contributed by atoms with van der Waals surface area (Å²) in [6.45, 7) is 2.34. The van der Waals surface area contributed by atoms with Crippen LogP contribution in [0.5, 0.6) is 0 Å². The lowest BCUT2D eigenvalue weighted by Gasteiger charge is -2.14. The quantitative estimate of drug-likeness (QED) is 0.799. The van der Waals surface area contributed by atoms with Gasteiger partial charge < -0.3 is 10.6 Å². The number of thioether (sulfide) groups is 1. The molecule has 2 aromatic rings. The van der Waals surface area contributed by atoms with Crippen molar-refractivity contribution in [1.82, 2.24) is 5.32 Å². The molecule has 0 aliphatic heterocycles. The molecule has 0 saturated carbocycles. The van der Waals surface area contributed by atoms with Crippen molar-refractivity contribution < 1.29 is 4.79 Å². The van der Waals surface area contributed by atoms with Crippen LogP contribution in [0.25, 0.3) is 0 Å². The number of carbonyl (C=O) groups excluding carboxylic acids is 1. The van der Waals surface area contributed by atoms with Gasteiger partial charge in [-0.05, 0) is 30.9 Å². The van der Waals surface area contributed by atoms with E-state index >= 15 is 0 Å². The third-order valence-electron chi connectivity index (χ3n) is 3.25. The van der Waals surface area contributed by atoms with E-state index < -0.39 is 0 Å². The van der Waals surface area contributed by atoms with Crippen LogP contribution < -0.4 is 10.6 Å². The molecule has 0 radical (unpaired) electrons. The summed E-state index contributed by atoms with van der Waals surface area (Å²) in [4.78, 5) is 13.1. The van der Waals surface area contributed by atoms with Gasteiger partial charge in [0.25, 0.3) is 0 Å². The SMILES string of the molecule is CSc1ccccc1NC(=O)CN[C@H](C)c1ccccc1. The van der Waals surface area contributed by atoms with Crippen LogP contribution in [0, 0.1) is 0 Å². The highest BCUT2D eigenvalue weighted by Crippen LogP contribution is 2.24. The highest BCUT2D eigenvalue weighted by Gasteiger charge is 2.09. The third-order valence-corrected chi connectivity index (χ3v) is 4.05. The van der Waals surface area contributed by atoms with Crippen LogP contribution in [0.4, 0.5) is 5.69 Å². The van der Waals surface area contributed by atoms with Crippen molar-refractivity contribution in [3.63, 3.8) is 0 Å². The summed E-state index contributed by atoms with van der Waals surface area (Å²) in [5.41, 5.74) is 2.04. The third kappa shape index (κ3) is 4.62. The molecule has 110 valence electrons. The Labute approximate surface area is 130 Å². The van der Waals surface area contributed by atoms with Crippen LogP contribution in [0.2, 0.25) is 0 Å². The fourth-order valence-corrected chi connectivity index (χ4v) is 2.60. The molecule has 1 atom stereocenters. The summed E-state index contributed by atoms with van der Waals surface area (Å²) in [7, 11) is 0. The van der Waals surface area contributed by atoms with Crippen LogP contribution in [0.3, 0.4) is 0 Å². The van der Waals surface area contributed by atoms with E-state index in [-0.39, 0.29) is 11.9 Å². The van der Waals surface area contributed by atoms with Gasteiger partial charge in [0.2, 0.25) is 5.91 Å². The first-order chi connectivity index (χ1) is 10.2. The zero-order valence-electron chi connectivity index (χ0n) is 12.3. The molecule has 4 heteroatoms. The smallest absolute Gasteiger partial charge is 0.238 e. The van der Waals surface area contributed by atoms with E-state index in [1.54, 1.807) is 11.8 Å². The Morgan fingerprint density at radius 2 is 1.76 bits per heavy atom. The molecule has 0 spiro atoms. The number of rotatable bonds is 6. The lowest BCUT2D eigenvalue weighted by Crippen LogP contribution is -2.30. The molecule has 0 saturated heterocycles. The molecule has 0 aliphatic rings. The second-order valence-corrected chi connectivity index (χ2v) is 5.61. The maximum atomic E-state index is 12.0. The van der Waals surface area contributed by atoms with Crippen molar-refractivity contribution in [1.29, 1.82) is 0 Å². The number of amides is 1. The summed E-state index contributed by atoms with van der Waals surface area (Å²) in [6.07, 6.45) is 2.00. The number of nitrogens with one attached hydrogen (secondary N) is 2. The summed E-state index contributed by atoms with van der Waals surface area (Å²) in [5, 5.41) is 6.18. The molecule has 21 heavy (non-hydrogen) atoms. The highest BCUT2D eigenvalue weighted by molar-refractivity contribution is 7.98. The molecule has 1 amide bonds. The summed E-state index contributed by atoms with van der Waals surface area (Å²) >= 11 is 1.62. The first kappa shape index (κ1) is 15.6. The molecule has 2 rings (SSSR count). The first-order valence-corrected chi connectivity index (χ1v) is 8.14. The average Bonchev–Trinajstić information content (AvgIpc) is 2.54. The van der Waals surface area contributed by atoms with E-state index in [9.17, 15) is 4.79 Å². The van der Waals surface area contributed by atoms with Gasteiger partial charge in [-0.3, -0.25) is 4.79 Å². The molecule has 0 bridgehead atoms. The lowest BCUT2D eigenvalue weighted by molar-refractivity contribution is -0.115. The maximum Gasteiger partial charge on any atom is 0.238 e. The predicted molar refractivity (Wildman–Crippen MR) is 89.7 cm³/mol. The van der Waals surface area contributed by atoms with Crippen molar-refractivity contribution in [3.05, 3.63) is 60.2 Å². The van der Waals surface area contributed by atoms with Gasteiger partial charge in [-0.25, -0.2) is 0 Å². The number of hydrogen-bond acceptors (Lipinski definition) is 3. The van der Waals surface area contributed by atoms with E-state index in [4.69, 9.17) is 0 Å². The molecular formula is C17H20N2OS. The molecule has 2 aromatic carbocycles. The Bertz CT molecular complexity index is 586. The maximum absolute atomic E-state index is 12.0. The minimum absolute atomic E-state index is 0.0284. The van der Waals surface area contributed by atoms with E-state index in [0.717, 1.165) is 10.6 Å². The molecule has 0 aromatic heterocycles. The fraction of sp³-hybridized carbons (Fsp3) is 0.235. The Hall–Kier alpha value is -1.78. The van der Waals surface area contributed by atoms with Crippen LogP contribution in [-0.2, 0) is 4.79 Å². The van der Waals surface area contributed by atoms with Gasteiger partial charge in [-0.2, -0.15) is 0 Å². The van der Waals surface area contributed by atoms with Gasteiger partial charge in [-0.15, -0.1) is 11.8 Å². The topological polar surface area (TPSA) is 41.1 Å². The molecule has 0 unspecified atom stereocenters. The number of benzene rings is 2. The lowest BCUT2D eigenvalue weighted by atomic mass is 10.1. The monoisotopic (exact) mass is 300 g/mol. The van der Waals surface area contributed by atoms with Crippen molar-refractivity contribution in [2.24, 2.45) is 0 Å². The number of para-hydroxylation sites is 1. The van der Waals surface area contributed by atoms with Crippen molar-refractivity contribution in [2.45, 2.75) is 17.9 Å². The summed E-state index contributed by atoms with van der Waals surface area (Å²) in [5.74, 6) is -0.0284. The normalized spacial score (nSPS) is 11.9. The Balaban J connectivity index is 1.88. The van der Waals surface area contributed by atoms with Crippen LogP contribution >= 0.6 is 11.8 Å². The van der Waals surface area contributed by atoms with Crippen LogP contribution in [0.1, 0.15) is 18.5 Å². The molecule has 0 heterocycles. The second kappa shape index (κ2) is 7.86.